The van der Waals surface area contributed by atoms with Crippen molar-refractivity contribution in [2.24, 2.45) is 5.92 Å². The molecule has 0 spiro atoms. The Morgan fingerprint density at radius 1 is 1.50 bits per heavy atom. The lowest BCUT2D eigenvalue weighted by atomic mass is 9.98. The van der Waals surface area contributed by atoms with Crippen molar-refractivity contribution in [1.82, 2.24) is 9.55 Å². The first-order valence-electron chi connectivity index (χ1n) is 6.57. The number of esters is 1. The number of aromatic nitrogens is 2. The Bertz CT molecular complexity index is 651. The summed E-state index contributed by atoms with van der Waals surface area (Å²) in [5.74, 6) is 0.258. The third-order valence-electron chi connectivity index (χ3n) is 3.66. The average Bonchev–Trinajstić information content (AvgIpc) is 2.89. The highest BCUT2D eigenvalue weighted by molar-refractivity contribution is 5.72. The van der Waals surface area contributed by atoms with Crippen molar-refractivity contribution in [3.8, 4) is 11.3 Å². The molecule has 1 aliphatic rings. The maximum absolute atomic E-state index is 13.3. The van der Waals surface area contributed by atoms with Gasteiger partial charge in [0.2, 0.25) is 0 Å². The molecular weight excluding hydrogens is 259 g/mol. The van der Waals surface area contributed by atoms with E-state index in [1.54, 1.807) is 6.07 Å². The Morgan fingerprint density at radius 3 is 3.10 bits per heavy atom. The van der Waals surface area contributed by atoms with E-state index in [4.69, 9.17) is 4.74 Å². The van der Waals surface area contributed by atoms with Crippen LogP contribution in [0.15, 0.2) is 30.5 Å². The molecule has 104 valence electrons. The van der Waals surface area contributed by atoms with E-state index in [1.165, 1.54) is 19.2 Å². The minimum absolute atomic E-state index is 0.129. The van der Waals surface area contributed by atoms with Gasteiger partial charge in [0.1, 0.15) is 11.6 Å². The van der Waals surface area contributed by atoms with Crippen LogP contribution in [0.2, 0.25) is 0 Å². The number of aryl methyl sites for hydroxylation is 1. The third kappa shape index (κ3) is 2.31. The quantitative estimate of drug-likeness (QED) is 0.790. The summed E-state index contributed by atoms with van der Waals surface area (Å²) in [6.45, 7) is 0.734. The highest BCUT2D eigenvalue weighted by Crippen LogP contribution is 2.26. The Morgan fingerprint density at radius 2 is 2.35 bits per heavy atom. The van der Waals surface area contributed by atoms with E-state index in [1.807, 2.05) is 16.8 Å². The SMILES string of the molecule is COC(=O)C1CCn2cc(-c3cccc(F)c3)nc2C1. The lowest BCUT2D eigenvalue weighted by Crippen LogP contribution is -2.26. The molecule has 0 aliphatic carbocycles. The fraction of sp³-hybridized carbons (Fsp3) is 0.333. The Balaban J connectivity index is 1.89. The molecule has 0 fully saturated rings. The summed E-state index contributed by atoms with van der Waals surface area (Å²) in [5, 5.41) is 0. The first-order valence-corrected chi connectivity index (χ1v) is 6.57. The highest BCUT2D eigenvalue weighted by atomic mass is 19.1. The summed E-state index contributed by atoms with van der Waals surface area (Å²) >= 11 is 0. The molecule has 0 saturated carbocycles. The number of hydrogen-bond acceptors (Lipinski definition) is 3. The molecule has 5 heteroatoms. The van der Waals surface area contributed by atoms with Crippen LogP contribution in [0.25, 0.3) is 11.3 Å². The standard InChI is InChI=1S/C15H15FN2O2/c1-20-15(19)11-5-6-18-9-13(17-14(18)8-11)10-3-2-4-12(16)7-10/h2-4,7,9,11H,5-6,8H2,1H3. The van der Waals surface area contributed by atoms with Gasteiger partial charge in [-0.2, -0.15) is 0 Å². The van der Waals surface area contributed by atoms with E-state index < -0.39 is 0 Å². The zero-order valence-electron chi connectivity index (χ0n) is 11.2. The number of benzene rings is 1. The fourth-order valence-corrected chi connectivity index (χ4v) is 2.58. The molecule has 2 aromatic rings. The molecule has 4 nitrogen and oxygen atoms in total. The zero-order valence-corrected chi connectivity index (χ0v) is 11.2. The van der Waals surface area contributed by atoms with E-state index in [0.717, 1.165) is 30.0 Å². The minimum atomic E-state index is -0.277. The number of halogens is 1. The molecule has 1 unspecified atom stereocenters. The number of carbonyl (C=O) groups excluding carboxylic acids is 1. The molecule has 1 aliphatic heterocycles. The summed E-state index contributed by atoms with van der Waals surface area (Å²) < 4.78 is 20.1. The summed E-state index contributed by atoms with van der Waals surface area (Å²) in [7, 11) is 1.40. The van der Waals surface area contributed by atoms with Crippen LogP contribution in [0.1, 0.15) is 12.2 Å². The van der Waals surface area contributed by atoms with Crippen molar-refractivity contribution in [2.75, 3.05) is 7.11 Å². The number of ether oxygens (including phenoxy) is 1. The third-order valence-corrected chi connectivity index (χ3v) is 3.66. The summed E-state index contributed by atoms with van der Waals surface area (Å²) in [5.41, 5.74) is 1.49. The number of fused-ring (bicyclic) bond motifs is 1. The second-order valence-corrected chi connectivity index (χ2v) is 4.96. The molecule has 0 bridgehead atoms. The van der Waals surface area contributed by atoms with E-state index in [9.17, 15) is 9.18 Å². The maximum atomic E-state index is 13.3. The topological polar surface area (TPSA) is 44.1 Å². The largest absolute Gasteiger partial charge is 0.469 e. The molecule has 1 aromatic carbocycles. The number of nitrogens with zero attached hydrogens (tertiary/aromatic N) is 2. The van der Waals surface area contributed by atoms with E-state index in [-0.39, 0.29) is 17.7 Å². The van der Waals surface area contributed by atoms with Crippen molar-refractivity contribution < 1.29 is 13.9 Å². The smallest absolute Gasteiger partial charge is 0.309 e. The molecule has 0 N–H and O–H groups in total. The number of imidazole rings is 1. The van der Waals surface area contributed by atoms with Gasteiger partial charge in [-0.05, 0) is 18.6 Å². The van der Waals surface area contributed by atoms with Crippen molar-refractivity contribution >= 4 is 5.97 Å². The van der Waals surface area contributed by atoms with Gasteiger partial charge in [-0.1, -0.05) is 12.1 Å². The second-order valence-electron chi connectivity index (χ2n) is 4.96. The molecule has 2 heterocycles. The fourth-order valence-electron chi connectivity index (χ4n) is 2.58. The van der Waals surface area contributed by atoms with Crippen molar-refractivity contribution in [2.45, 2.75) is 19.4 Å². The average molecular weight is 274 g/mol. The Kier molecular flexibility index (Phi) is 3.26. The van der Waals surface area contributed by atoms with Gasteiger partial charge in [-0.3, -0.25) is 4.79 Å². The van der Waals surface area contributed by atoms with E-state index in [0.29, 0.717) is 6.42 Å². The summed E-state index contributed by atoms with van der Waals surface area (Å²) in [4.78, 5) is 16.1. The van der Waals surface area contributed by atoms with Crippen LogP contribution in [0.4, 0.5) is 4.39 Å². The van der Waals surface area contributed by atoms with Gasteiger partial charge >= 0.3 is 5.97 Å². The van der Waals surface area contributed by atoms with E-state index >= 15 is 0 Å². The monoisotopic (exact) mass is 274 g/mol. The van der Waals surface area contributed by atoms with Crippen LogP contribution in [0, 0.1) is 11.7 Å². The van der Waals surface area contributed by atoms with Crippen LogP contribution in [0.5, 0.6) is 0 Å². The van der Waals surface area contributed by atoms with Gasteiger partial charge < -0.3 is 9.30 Å². The second kappa shape index (κ2) is 5.07. The van der Waals surface area contributed by atoms with Crippen LogP contribution in [0.3, 0.4) is 0 Å². The number of rotatable bonds is 2. The molecular formula is C15H15FN2O2. The molecule has 1 aromatic heterocycles. The van der Waals surface area contributed by atoms with Crippen LogP contribution in [-0.2, 0) is 22.5 Å². The van der Waals surface area contributed by atoms with Gasteiger partial charge in [0.15, 0.2) is 0 Å². The number of methoxy groups -OCH3 is 1. The zero-order chi connectivity index (χ0) is 14.1. The van der Waals surface area contributed by atoms with Crippen molar-refractivity contribution in [1.29, 1.82) is 0 Å². The van der Waals surface area contributed by atoms with Crippen molar-refractivity contribution in [3.63, 3.8) is 0 Å². The van der Waals surface area contributed by atoms with Gasteiger partial charge in [-0.15, -0.1) is 0 Å². The van der Waals surface area contributed by atoms with Crippen molar-refractivity contribution in [3.05, 3.63) is 42.1 Å². The predicted octanol–water partition coefficient (Wildman–Crippen LogP) is 2.42. The summed E-state index contributed by atoms with van der Waals surface area (Å²) in [6.07, 6.45) is 3.23. The molecule has 1 atom stereocenters. The van der Waals surface area contributed by atoms with Crippen LogP contribution >= 0.6 is 0 Å². The Labute approximate surface area is 116 Å². The van der Waals surface area contributed by atoms with Gasteiger partial charge in [0.05, 0.1) is 18.7 Å². The minimum Gasteiger partial charge on any atom is -0.469 e. The van der Waals surface area contributed by atoms with Gasteiger partial charge in [-0.25, -0.2) is 9.37 Å². The van der Waals surface area contributed by atoms with E-state index in [2.05, 4.69) is 4.98 Å². The summed E-state index contributed by atoms with van der Waals surface area (Å²) in [6, 6.07) is 6.37. The normalized spacial score (nSPS) is 17.6. The van der Waals surface area contributed by atoms with Gasteiger partial charge in [0, 0.05) is 24.7 Å². The first-order chi connectivity index (χ1) is 9.67. The lowest BCUT2D eigenvalue weighted by molar-refractivity contribution is -0.146. The predicted molar refractivity (Wildman–Crippen MR) is 71.4 cm³/mol. The molecule has 0 saturated heterocycles. The van der Waals surface area contributed by atoms with Crippen LogP contribution < -0.4 is 0 Å². The number of carbonyl (C=O) groups is 1. The Hall–Kier alpha value is -2.17. The highest BCUT2D eigenvalue weighted by Gasteiger charge is 2.27. The van der Waals surface area contributed by atoms with Crippen LogP contribution in [-0.4, -0.2) is 22.6 Å². The van der Waals surface area contributed by atoms with Gasteiger partial charge in [0.25, 0.3) is 0 Å². The molecule has 3 rings (SSSR count). The molecule has 0 radical (unpaired) electrons. The lowest BCUT2D eigenvalue weighted by Gasteiger charge is -2.20. The molecule has 20 heavy (non-hydrogen) atoms. The maximum Gasteiger partial charge on any atom is 0.309 e. The number of hydrogen-bond donors (Lipinski definition) is 0. The molecule has 0 amide bonds. The first kappa shape index (κ1) is 12.8.